The van der Waals surface area contributed by atoms with Crippen LogP contribution in [-0.2, 0) is 13.0 Å². The molecule has 21 heavy (non-hydrogen) atoms. The number of nitrogens with one attached hydrogen (secondary N) is 1. The maximum Gasteiger partial charge on any atom is 0.251 e. The minimum absolute atomic E-state index is 0.156. The topological polar surface area (TPSA) is 81.0 Å². The number of nitrogens with zero attached hydrogens (tertiary/aromatic N) is 1. The largest absolute Gasteiger partial charge is 0.485 e. The second-order valence-electron chi connectivity index (χ2n) is 5.13. The summed E-state index contributed by atoms with van der Waals surface area (Å²) in [6.07, 6.45) is 1.52. The molecule has 0 unspecified atom stereocenters. The van der Waals surface area contributed by atoms with E-state index in [0.29, 0.717) is 18.8 Å². The van der Waals surface area contributed by atoms with Crippen LogP contribution in [0.25, 0.3) is 0 Å². The van der Waals surface area contributed by atoms with Crippen LogP contribution in [-0.4, -0.2) is 16.5 Å². The Morgan fingerprint density at radius 2 is 2.10 bits per heavy atom. The molecular weight excluding hydrogens is 266 g/mol. The Kier molecular flexibility index (Phi) is 5.11. The van der Waals surface area contributed by atoms with E-state index in [4.69, 9.17) is 10.5 Å². The highest BCUT2D eigenvalue weighted by Gasteiger charge is 2.04. The van der Waals surface area contributed by atoms with Gasteiger partial charge in [0.1, 0.15) is 18.2 Å². The van der Waals surface area contributed by atoms with Crippen molar-refractivity contribution in [1.29, 1.82) is 0 Å². The van der Waals surface area contributed by atoms with E-state index in [9.17, 15) is 4.79 Å². The van der Waals surface area contributed by atoms with E-state index in [-0.39, 0.29) is 12.2 Å². The summed E-state index contributed by atoms with van der Waals surface area (Å²) in [7, 11) is 0. The maximum absolute atomic E-state index is 11.6. The van der Waals surface area contributed by atoms with Crippen molar-refractivity contribution in [2.75, 3.05) is 6.54 Å². The summed E-state index contributed by atoms with van der Waals surface area (Å²) in [5.74, 6) is 1.34. The van der Waals surface area contributed by atoms with Gasteiger partial charge in [0.2, 0.25) is 0 Å². The first-order valence-electron chi connectivity index (χ1n) is 7.07. The van der Waals surface area contributed by atoms with Crippen molar-refractivity contribution in [2.24, 2.45) is 5.73 Å². The smallest absolute Gasteiger partial charge is 0.251 e. The molecule has 0 bridgehead atoms. The predicted octanol–water partition coefficient (Wildman–Crippen LogP) is 1.86. The van der Waals surface area contributed by atoms with Crippen LogP contribution in [0.15, 0.2) is 29.1 Å². The molecule has 1 aromatic carbocycles. The van der Waals surface area contributed by atoms with Crippen molar-refractivity contribution in [2.45, 2.75) is 33.3 Å². The molecule has 3 N–H and O–H groups in total. The first kappa shape index (κ1) is 15.3. The highest BCUT2D eigenvalue weighted by Crippen LogP contribution is 2.19. The van der Waals surface area contributed by atoms with Crippen LogP contribution >= 0.6 is 0 Å². The number of benzene rings is 1. The van der Waals surface area contributed by atoms with Crippen LogP contribution in [0.5, 0.6) is 5.75 Å². The Balaban J connectivity index is 2.08. The summed E-state index contributed by atoms with van der Waals surface area (Å²) in [6.45, 7) is 4.87. The van der Waals surface area contributed by atoms with Crippen LogP contribution < -0.4 is 16.0 Å². The Bertz CT molecular complexity index is 665. The Morgan fingerprint density at radius 1 is 1.29 bits per heavy atom. The second-order valence-corrected chi connectivity index (χ2v) is 5.13. The molecule has 2 rings (SSSR count). The zero-order chi connectivity index (χ0) is 15.2. The molecule has 5 nitrogen and oxygen atoms in total. The van der Waals surface area contributed by atoms with Gasteiger partial charge in [0.25, 0.3) is 5.56 Å². The van der Waals surface area contributed by atoms with E-state index in [0.717, 1.165) is 23.4 Å². The lowest BCUT2D eigenvalue weighted by atomic mass is 10.1. The number of aromatic nitrogens is 2. The van der Waals surface area contributed by atoms with Crippen molar-refractivity contribution >= 4 is 0 Å². The maximum atomic E-state index is 11.6. The van der Waals surface area contributed by atoms with Crippen molar-refractivity contribution in [1.82, 2.24) is 9.97 Å². The van der Waals surface area contributed by atoms with Gasteiger partial charge in [-0.3, -0.25) is 4.79 Å². The minimum Gasteiger partial charge on any atom is -0.485 e. The first-order chi connectivity index (χ1) is 10.1. The van der Waals surface area contributed by atoms with E-state index in [1.165, 1.54) is 11.6 Å². The van der Waals surface area contributed by atoms with Crippen LogP contribution in [0.2, 0.25) is 0 Å². The summed E-state index contributed by atoms with van der Waals surface area (Å²) < 4.78 is 5.73. The SMILES string of the molecule is Cc1ccc(OCc2nc(CCCN)cc(=O)[nH]2)c(C)c1. The molecule has 0 spiro atoms. The first-order valence-corrected chi connectivity index (χ1v) is 7.07. The lowest BCUT2D eigenvalue weighted by molar-refractivity contribution is 0.293. The van der Waals surface area contributed by atoms with Crippen LogP contribution in [0, 0.1) is 13.8 Å². The number of hydrogen-bond acceptors (Lipinski definition) is 4. The highest BCUT2D eigenvalue weighted by atomic mass is 16.5. The van der Waals surface area contributed by atoms with E-state index in [2.05, 4.69) is 16.0 Å². The normalized spacial score (nSPS) is 10.6. The quantitative estimate of drug-likeness (QED) is 0.849. The average molecular weight is 287 g/mol. The fraction of sp³-hybridized carbons (Fsp3) is 0.375. The van der Waals surface area contributed by atoms with Gasteiger partial charge in [-0.05, 0) is 44.9 Å². The fourth-order valence-corrected chi connectivity index (χ4v) is 2.15. The van der Waals surface area contributed by atoms with Gasteiger partial charge in [-0.25, -0.2) is 4.98 Å². The lowest BCUT2D eigenvalue weighted by Gasteiger charge is -2.10. The van der Waals surface area contributed by atoms with Gasteiger partial charge in [0.05, 0.1) is 0 Å². The van der Waals surface area contributed by atoms with Gasteiger partial charge in [-0.1, -0.05) is 17.7 Å². The van der Waals surface area contributed by atoms with Gasteiger partial charge in [-0.2, -0.15) is 0 Å². The summed E-state index contributed by atoms with van der Waals surface area (Å²) in [5.41, 5.74) is 8.33. The van der Waals surface area contributed by atoms with Crippen LogP contribution in [0.3, 0.4) is 0 Å². The summed E-state index contributed by atoms with van der Waals surface area (Å²) >= 11 is 0. The van der Waals surface area contributed by atoms with Crippen molar-refractivity contribution in [3.8, 4) is 5.75 Å². The molecule has 0 aliphatic carbocycles. The predicted molar refractivity (Wildman–Crippen MR) is 82.5 cm³/mol. The van der Waals surface area contributed by atoms with Gasteiger partial charge in [0, 0.05) is 11.8 Å². The number of H-pyrrole nitrogens is 1. The standard InChI is InChI=1S/C16H21N3O2/c1-11-5-6-14(12(2)8-11)21-10-15-18-13(4-3-7-17)9-16(20)19-15/h5-6,8-9H,3-4,7,10,17H2,1-2H3,(H,18,19,20). The number of aromatic amines is 1. The van der Waals surface area contributed by atoms with E-state index >= 15 is 0 Å². The molecule has 0 atom stereocenters. The number of rotatable bonds is 6. The summed E-state index contributed by atoms with van der Waals surface area (Å²) in [5, 5.41) is 0. The molecule has 1 aromatic heterocycles. The van der Waals surface area contributed by atoms with E-state index in [1.54, 1.807) is 0 Å². The zero-order valence-electron chi connectivity index (χ0n) is 12.5. The molecule has 2 aromatic rings. The molecule has 0 fully saturated rings. The zero-order valence-corrected chi connectivity index (χ0v) is 12.5. The van der Waals surface area contributed by atoms with E-state index in [1.807, 2.05) is 26.0 Å². The Hall–Kier alpha value is -2.14. The van der Waals surface area contributed by atoms with Crippen LogP contribution in [0.1, 0.15) is 29.1 Å². The molecule has 0 amide bonds. The van der Waals surface area contributed by atoms with Gasteiger partial charge < -0.3 is 15.5 Å². The molecular formula is C16H21N3O2. The minimum atomic E-state index is -0.156. The van der Waals surface area contributed by atoms with E-state index < -0.39 is 0 Å². The third-order valence-corrected chi connectivity index (χ3v) is 3.18. The third kappa shape index (κ3) is 4.43. The van der Waals surface area contributed by atoms with Crippen LogP contribution in [0.4, 0.5) is 0 Å². The number of hydrogen-bond donors (Lipinski definition) is 2. The fourth-order valence-electron chi connectivity index (χ4n) is 2.15. The summed E-state index contributed by atoms with van der Waals surface area (Å²) in [6, 6.07) is 7.50. The molecule has 0 saturated carbocycles. The molecule has 112 valence electrons. The second kappa shape index (κ2) is 7.04. The summed E-state index contributed by atoms with van der Waals surface area (Å²) in [4.78, 5) is 18.7. The molecule has 1 heterocycles. The highest BCUT2D eigenvalue weighted by molar-refractivity contribution is 5.35. The molecule has 0 radical (unpaired) electrons. The Labute approximate surface area is 124 Å². The monoisotopic (exact) mass is 287 g/mol. The number of ether oxygens (including phenoxy) is 1. The Morgan fingerprint density at radius 3 is 2.81 bits per heavy atom. The molecule has 0 saturated heterocycles. The molecule has 5 heteroatoms. The van der Waals surface area contributed by atoms with Gasteiger partial charge in [-0.15, -0.1) is 0 Å². The van der Waals surface area contributed by atoms with Crippen molar-refractivity contribution < 1.29 is 4.74 Å². The number of aryl methyl sites for hydroxylation is 3. The van der Waals surface area contributed by atoms with Crippen molar-refractivity contribution in [3.05, 3.63) is 57.3 Å². The van der Waals surface area contributed by atoms with Gasteiger partial charge in [0.15, 0.2) is 0 Å². The third-order valence-electron chi connectivity index (χ3n) is 3.18. The number of nitrogens with two attached hydrogens (primary N) is 1. The van der Waals surface area contributed by atoms with Gasteiger partial charge >= 0.3 is 0 Å². The van der Waals surface area contributed by atoms with Crippen molar-refractivity contribution in [3.63, 3.8) is 0 Å². The molecule has 0 aliphatic heterocycles. The lowest BCUT2D eigenvalue weighted by Crippen LogP contribution is -2.15. The molecule has 0 aliphatic rings. The average Bonchev–Trinajstić information content (AvgIpc) is 2.43.